The Balaban J connectivity index is 1.75. The standard InChI is InChI=1S/C12H19N3O3S2/c1-9(12-14-2-4-19-12)7-15-11(16)6-10-8-20(17,18)5-3-13-10/h2,4,9-10,13H,3,5-8H2,1H3,(H,15,16). The molecule has 2 rings (SSSR count). The van der Waals surface area contributed by atoms with Gasteiger partial charge in [0.2, 0.25) is 5.91 Å². The molecular formula is C12H19N3O3S2. The molecule has 1 aromatic heterocycles. The fraction of sp³-hybridized carbons (Fsp3) is 0.667. The van der Waals surface area contributed by atoms with Crippen LogP contribution < -0.4 is 10.6 Å². The molecule has 8 heteroatoms. The summed E-state index contributed by atoms with van der Waals surface area (Å²) in [6.07, 6.45) is 1.94. The van der Waals surface area contributed by atoms with Crippen LogP contribution in [0.2, 0.25) is 0 Å². The molecule has 20 heavy (non-hydrogen) atoms. The van der Waals surface area contributed by atoms with Crippen LogP contribution in [0.15, 0.2) is 11.6 Å². The van der Waals surface area contributed by atoms with Crippen molar-refractivity contribution in [2.45, 2.75) is 25.3 Å². The number of amides is 1. The molecule has 2 heterocycles. The van der Waals surface area contributed by atoms with Gasteiger partial charge in [-0.1, -0.05) is 6.92 Å². The van der Waals surface area contributed by atoms with Gasteiger partial charge in [0, 0.05) is 43.0 Å². The van der Waals surface area contributed by atoms with Crippen LogP contribution in [0, 0.1) is 0 Å². The summed E-state index contributed by atoms with van der Waals surface area (Å²) < 4.78 is 23.0. The van der Waals surface area contributed by atoms with Gasteiger partial charge in [0.1, 0.15) is 0 Å². The third-order valence-electron chi connectivity index (χ3n) is 3.21. The van der Waals surface area contributed by atoms with Gasteiger partial charge in [-0.05, 0) is 0 Å². The lowest BCUT2D eigenvalue weighted by Crippen LogP contribution is -2.47. The van der Waals surface area contributed by atoms with Crippen molar-refractivity contribution in [1.82, 2.24) is 15.6 Å². The predicted molar refractivity (Wildman–Crippen MR) is 78.6 cm³/mol. The Kier molecular flexibility index (Phi) is 5.11. The Bertz CT molecular complexity index is 542. The van der Waals surface area contributed by atoms with Crippen molar-refractivity contribution in [1.29, 1.82) is 0 Å². The van der Waals surface area contributed by atoms with E-state index in [-0.39, 0.29) is 35.8 Å². The number of hydrogen-bond donors (Lipinski definition) is 2. The summed E-state index contributed by atoms with van der Waals surface area (Å²) in [5.74, 6) is 0.249. The van der Waals surface area contributed by atoms with E-state index < -0.39 is 9.84 Å². The molecule has 0 aliphatic carbocycles. The molecule has 2 atom stereocenters. The molecule has 112 valence electrons. The minimum atomic E-state index is -3.00. The highest BCUT2D eigenvalue weighted by molar-refractivity contribution is 7.91. The maximum atomic E-state index is 11.8. The first-order valence-electron chi connectivity index (χ1n) is 6.56. The van der Waals surface area contributed by atoms with E-state index in [1.54, 1.807) is 17.5 Å². The van der Waals surface area contributed by atoms with Gasteiger partial charge in [-0.15, -0.1) is 11.3 Å². The van der Waals surface area contributed by atoms with Crippen LogP contribution in [0.4, 0.5) is 0 Å². The zero-order valence-corrected chi connectivity index (χ0v) is 13.0. The summed E-state index contributed by atoms with van der Waals surface area (Å²) in [6, 6.07) is -0.274. The average Bonchev–Trinajstić information content (AvgIpc) is 2.88. The van der Waals surface area contributed by atoms with E-state index in [0.717, 1.165) is 5.01 Å². The molecular weight excluding hydrogens is 298 g/mol. The molecule has 6 nitrogen and oxygen atoms in total. The normalized spacial score (nSPS) is 23.1. The maximum absolute atomic E-state index is 11.8. The topological polar surface area (TPSA) is 88.2 Å². The molecule has 1 aliphatic heterocycles. The van der Waals surface area contributed by atoms with Gasteiger partial charge in [0.15, 0.2) is 9.84 Å². The molecule has 0 aromatic carbocycles. The molecule has 2 unspecified atom stereocenters. The van der Waals surface area contributed by atoms with Crippen molar-refractivity contribution in [3.05, 3.63) is 16.6 Å². The number of nitrogens with one attached hydrogen (secondary N) is 2. The lowest BCUT2D eigenvalue weighted by Gasteiger charge is -2.23. The smallest absolute Gasteiger partial charge is 0.221 e. The van der Waals surface area contributed by atoms with Crippen molar-refractivity contribution in [2.24, 2.45) is 0 Å². The van der Waals surface area contributed by atoms with E-state index in [0.29, 0.717) is 13.1 Å². The first-order chi connectivity index (χ1) is 9.46. The van der Waals surface area contributed by atoms with Crippen molar-refractivity contribution in [3.8, 4) is 0 Å². The van der Waals surface area contributed by atoms with E-state index >= 15 is 0 Å². The second-order valence-electron chi connectivity index (χ2n) is 5.04. The van der Waals surface area contributed by atoms with E-state index in [1.807, 2.05) is 12.3 Å². The highest BCUT2D eigenvalue weighted by atomic mass is 32.2. The molecule has 1 aliphatic rings. The van der Waals surface area contributed by atoms with Gasteiger partial charge in [-0.25, -0.2) is 13.4 Å². The molecule has 1 saturated heterocycles. The largest absolute Gasteiger partial charge is 0.355 e. The summed E-state index contributed by atoms with van der Waals surface area (Å²) in [5, 5.41) is 8.81. The predicted octanol–water partition coefficient (Wildman–Crippen LogP) is 0.140. The number of rotatable bonds is 5. The van der Waals surface area contributed by atoms with E-state index in [1.165, 1.54) is 0 Å². The van der Waals surface area contributed by atoms with Gasteiger partial charge < -0.3 is 10.6 Å². The van der Waals surface area contributed by atoms with Crippen LogP contribution in [-0.2, 0) is 14.6 Å². The molecule has 2 N–H and O–H groups in total. The Morgan fingerprint density at radius 3 is 3.10 bits per heavy atom. The van der Waals surface area contributed by atoms with Crippen LogP contribution in [-0.4, -0.2) is 49.9 Å². The summed E-state index contributed by atoms with van der Waals surface area (Å²) in [6.45, 7) is 2.95. The van der Waals surface area contributed by atoms with Crippen LogP contribution >= 0.6 is 11.3 Å². The first kappa shape index (κ1) is 15.4. The van der Waals surface area contributed by atoms with Crippen molar-refractivity contribution in [3.63, 3.8) is 0 Å². The lowest BCUT2D eigenvalue weighted by molar-refractivity contribution is -0.121. The Morgan fingerprint density at radius 2 is 2.45 bits per heavy atom. The van der Waals surface area contributed by atoms with Gasteiger partial charge in [-0.2, -0.15) is 0 Å². The van der Waals surface area contributed by atoms with E-state index in [2.05, 4.69) is 15.6 Å². The van der Waals surface area contributed by atoms with Gasteiger partial charge >= 0.3 is 0 Å². The molecule has 1 aromatic rings. The third kappa shape index (κ3) is 4.53. The summed E-state index contributed by atoms with van der Waals surface area (Å²) in [5.41, 5.74) is 0. The molecule has 0 bridgehead atoms. The molecule has 0 radical (unpaired) electrons. The first-order valence-corrected chi connectivity index (χ1v) is 9.26. The van der Waals surface area contributed by atoms with Gasteiger partial charge in [-0.3, -0.25) is 4.79 Å². The maximum Gasteiger partial charge on any atom is 0.221 e. The number of carbonyl (C=O) groups excluding carboxylic acids is 1. The minimum Gasteiger partial charge on any atom is -0.355 e. The molecule has 1 amide bonds. The fourth-order valence-electron chi connectivity index (χ4n) is 2.13. The molecule has 0 saturated carbocycles. The number of thiazole rings is 1. The highest BCUT2D eigenvalue weighted by Crippen LogP contribution is 2.16. The lowest BCUT2D eigenvalue weighted by atomic mass is 10.2. The van der Waals surface area contributed by atoms with Crippen LogP contribution in [0.5, 0.6) is 0 Å². The quantitative estimate of drug-likeness (QED) is 0.806. The van der Waals surface area contributed by atoms with Crippen LogP contribution in [0.25, 0.3) is 0 Å². The zero-order valence-electron chi connectivity index (χ0n) is 11.3. The molecule has 0 spiro atoms. The van der Waals surface area contributed by atoms with Crippen LogP contribution in [0.3, 0.4) is 0 Å². The fourth-order valence-corrected chi connectivity index (χ4v) is 4.27. The number of sulfone groups is 1. The number of aromatic nitrogens is 1. The Labute approximate surface area is 122 Å². The SMILES string of the molecule is CC(CNC(=O)CC1CS(=O)(=O)CCN1)c1nccs1. The zero-order chi connectivity index (χ0) is 14.6. The van der Waals surface area contributed by atoms with Gasteiger partial charge in [0.05, 0.1) is 16.5 Å². The second kappa shape index (κ2) is 6.64. The van der Waals surface area contributed by atoms with Gasteiger partial charge in [0.25, 0.3) is 0 Å². The Hall–Kier alpha value is -0.990. The number of carbonyl (C=O) groups is 1. The summed E-state index contributed by atoms with van der Waals surface area (Å²) in [7, 11) is -3.00. The summed E-state index contributed by atoms with van der Waals surface area (Å²) in [4.78, 5) is 16.0. The Morgan fingerprint density at radius 1 is 1.65 bits per heavy atom. The van der Waals surface area contributed by atoms with Crippen molar-refractivity contribution < 1.29 is 13.2 Å². The van der Waals surface area contributed by atoms with E-state index in [4.69, 9.17) is 0 Å². The number of nitrogens with zero attached hydrogens (tertiary/aromatic N) is 1. The summed E-state index contributed by atoms with van der Waals surface area (Å²) >= 11 is 1.56. The second-order valence-corrected chi connectivity index (χ2v) is 8.20. The minimum absolute atomic E-state index is 0.0441. The van der Waals surface area contributed by atoms with Crippen LogP contribution in [0.1, 0.15) is 24.3 Å². The average molecular weight is 317 g/mol. The third-order valence-corrected chi connectivity index (χ3v) is 5.95. The van der Waals surface area contributed by atoms with E-state index in [9.17, 15) is 13.2 Å². The number of hydrogen-bond acceptors (Lipinski definition) is 6. The highest BCUT2D eigenvalue weighted by Gasteiger charge is 2.26. The van der Waals surface area contributed by atoms with Crippen molar-refractivity contribution in [2.75, 3.05) is 24.6 Å². The molecule has 1 fully saturated rings. The van der Waals surface area contributed by atoms with Crippen molar-refractivity contribution >= 4 is 27.1 Å². The monoisotopic (exact) mass is 317 g/mol.